The van der Waals surface area contributed by atoms with E-state index >= 15 is 0 Å². The van der Waals surface area contributed by atoms with Gasteiger partial charge in [0.1, 0.15) is 11.8 Å². The summed E-state index contributed by atoms with van der Waals surface area (Å²) in [5.41, 5.74) is 2.72. The Labute approximate surface area is 149 Å². The first-order valence-corrected chi connectivity index (χ1v) is 8.57. The summed E-state index contributed by atoms with van der Waals surface area (Å²) in [6.45, 7) is 3.42. The van der Waals surface area contributed by atoms with Crippen molar-refractivity contribution in [3.8, 4) is 0 Å². The molecule has 3 aromatic rings. The molecule has 0 aromatic heterocycles. The lowest BCUT2D eigenvalue weighted by Gasteiger charge is -2.38. The van der Waals surface area contributed by atoms with Gasteiger partial charge in [-0.2, -0.15) is 0 Å². The fourth-order valence-corrected chi connectivity index (χ4v) is 3.09. The van der Waals surface area contributed by atoms with Crippen LogP contribution in [0.2, 0.25) is 0 Å². The van der Waals surface area contributed by atoms with Gasteiger partial charge in [0.05, 0.1) is 0 Å². The maximum absolute atomic E-state index is 12.2. The van der Waals surface area contributed by atoms with Gasteiger partial charge in [0, 0.05) is 13.1 Å². The molecule has 0 heterocycles. The van der Waals surface area contributed by atoms with Gasteiger partial charge in [0.2, 0.25) is 0 Å². The molecule has 0 radical (unpaired) electrons. The average Bonchev–Trinajstić information content (AvgIpc) is 2.69. The Balaban J connectivity index is 1.98. The van der Waals surface area contributed by atoms with Gasteiger partial charge in [-0.25, -0.2) is 0 Å². The molecule has 0 amide bonds. The molecule has 2 nitrogen and oxygen atoms in total. The fraction of sp³-hybridized carbons (Fsp3) is 0.174. The molecule has 3 aromatic carbocycles. The third-order valence-corrected chi connectivity index (χ3v) is 4.68. The molecule has 0 N–H and O–H groups in total. The highest BCUT2D eigenvalue weighted by molar-refractivity contribution is 5.67. The standard InChI is InChI=1S/C23H23NO/c1-23(19-25,22-15-9-4-10-16-22)24(17-20-11-5-2-6-12-20)18-21-13-7-3-8-14-21/h2-16,19H,17-18H2,1H3. The summed E-state index contributed by atoms with van der Waals surface area (Å²) in [6.07, 6.45) is 1.06. The van der Waals surface area contributed by atoms with E-state index in [2.05, 4.69) is 29.2 Å². The minimum absolute atomic E-state index is 0.688. The first kappa shape index (κ1) is 17.1. The van der Waals surface area contributed by atoms with Gasteiger partial charge >= 0.3 is 0 Å². The highest BCUT2D eigenvalue weighted by atomic mass is 16.1. The summed E-state index contributed by atoms with van der Waals surface area (Å²) in [7, 11) is 0. The van der Waals surface area contributed by atoms with E-state index < -0.39 is 5.54 Å². The number of aldehydes is 1. The van der Waals surface area contributed by atoms with E-state index in [4.69, 9.17) is 0 Å². The summed E-state index contributed by atoms with van der Waals surface area (Å²) in [5.74, 6) is 0. The van der Waals surface area contributed by atoms with Gasteiger partial charge in [-0.15, -0.1) is 0 Å². The predicted molar refractivity (Wildman–Crippen MR) is 102 cm³/mol. The zero-order valence-electron chi connectivity index (χ0n) is 14.5. The van der Waals surface area contributed by atoms with Gasteiger partial charge in [-0.05, 0) is 23.6 Å². The zero-order chi connectivity index (χ0) is 17.5. The number of carbonyl (C=O) groups is 1. The van der Waals surface area contributed by atoms with Crippen LogP contribution in [0.25, 0.3) is 0 Å². The third kappa shape index (κ3) is 4.04. The molecule has 1 atom stereocenters. The van der Waals surface area contributed by atoms with Crippen molar-refractivity contribution in [1.82, 2.24) is 4.90 Å². The van der Waals surface area contributed by atoms with Crippen LogP contribution in [0.15, 0.2) is 91.0 Å². The van der Waals surface area contributed by atoms with Crippen molar-refractivity contribution >= 4 is 6.29 Å². The van der Waals surface area contributed by atoms with E-state index in [0.717, 1.165) is 11.8 Å². The number of nitrogens with zero attached hydrogens (tertiary/aromatic N) is 1. The topological polar surface area (TPSA) is 20.3 Å². The lowest BCUT2D eigenvalue weighted by molar-refractivity contribution is -0.119. The van der Waals surface area contributed by atoms with Gasteiger partial charge < -0.3 is 4.79 Å². The molecule has 0 saturated heterocycles. The predicted octanol–water partition coefficient (Wildman–Crippen LogP) is 4.80. The first-order chi connectivity index (χ1) is 12.2. The van der Waals surface area contributed by atoms with Crippen molar-refractivity contribution in [3.63, 3.8) is 0 Å². The summed E-state index contributed by atoms with van der Waals surface area (Å²) < 4.78 is 0. The van der Waals surface area contributed by atoms with Crippen LogP contribution >= 0.6 is 0 Å². The monoisotopic (exact) mass is 329 g/mol. The van der Waals surface area contributed by atoms with Crippen LogP contribution < -0.4 is 0 Å². The molecule has 0 bridgehead atoms. The Morgan fingerprint density at radius 1 is 0.720 bits per heavy atom. The number of carbonyl (C=O) groups excluding carboxylic acids is 1. The highest BCUT2D eigenvalue weighted by Gasteiger charge is 2.33. The summed E-state index contributed by atoms with van der Waals surface area (Å²) in [5, 5.41) is 0. The second kappa shape index (κ2) is 7.91. The maximum atomic E-state index is 12.2. The first-order valence-electron chi connectivity index (χ1n) is 8.57. The maximum Gasteiger partial charge on any atom is 0.144 e. The van der Waals surface area contributed by atoms with Crippen LogP contribution in [-0.4, -0.2) is 11.2 Å². The molecule has 1 unspecified atom stereocenters. The van der Waals surface area contributed by atoms with Crippen molar-refractivity contribution in [3.05, 3.63) is 108 Å². The van der Waals surface area contributed by atoms with Crippen molar-refractivity contribution in [1.29, 1.82) is 0 Å². The van der Waals surface area contributed by atoms with Crippen LogP contribution in [0, 0.1) is 0 Å². The molecule has 3 rings (SSSR count). The molecule has 0 aliphatic carbocycles. The van der Waals surface area contributed by atoms with Crippen molar-refractivity contribution < 1.29 is 4.79 Å². The number of benzene rings is 3. The van der Waals surface area contributed by atoms with E-state index in [1.54, 1.807) is 0 Å². The van der Waals surface area contributed by atoms with Gasteiger partial charge in [-0.3, -0.25) is 4.90 Å². The smallest absolute Gasteiger partial charge is 0.144 e. The number of rotatable bonds is 7. The molecular formula is C23H23NO. The third-order valence-electron chi connectivity index (χ3n) is 4.68. The fourth-order valence-electron chi connectivity index (χ4n) is 3.09. The van der Waals surface area contributed by atoms with E-state index in [1.165, 1.54) is 11.1 Å². The summed E-state index contributed by atoms with van der Waals surface area (Å²) in [4.78, 5) is 14.4. The Morgan fingerprint density at radius 3 is 1.52 bits per heavy atom. The van der Waals surface area contributed by atoms with Crippen molar-refractivity contribution in [2.45, 2.75) is 25.6 Å². The lowest BCUT2D eigenvalue weighted by atomic mass is 9.90. The van der Waals surface area contributed by atoms with Gasteiger partial charge in [0.25, 0.3) is 0 Å². The van der Waals surface area contributed by atoms with Crippen LogP contribution in [0.4, 0.5) is 0 Å². The van der Waals surface area contributed by atoms with E-state index in [-0.39, 0.29) is 0 Å². The molecule has 0 aliphatic rings. The molecule has 0 spiro atoms. The minimum Gasteiger partial charge on any atom is -0.301 e. The number of hydrogen-bond acceptors (Lipinski definition) is 2. The minimum atomic E-state index is -0.688. The van der Waals surface area contributed by atoms with Crippen molar-refractivity contribution in [2.75, 3.05) is 0 Å². The molecule has 2 heteroatoms. The van der Waals surface area contributed by atoms with E-state index in [9.17, 15) is 4.79 Å². The van der Waals surface area contributed by atoms with Crippen LogP contribution in [0.5, 0.6) is 0 Å². The summed E-state index contributed by atoms with van der Waals surface area (Å²) in [6, 6.07) is 30.6. The molecule has 0 fully saturated rings. The SMILES string of the molecule is CC(C=O)(c1ccccc1)N(Cc1ccccc1)Cc1ccccc1. The quantitative estimate of drug-likeness (QED) is 0.580. The van der Waals surface area contributed by atoms with E-state index in [1.807, 2.05) is 73.7 Å². The molecule has 126 valence electrons. The van der Waals surface area contributed by atoms with E-state index in [0.29, 0.717) is 13.1 Å². The largest absolute Gasteiger partial charge is 0.301 e. The molecular weight excluding hydrogens is 306 g/mol. The summed E-state index contributed by atoms with van der Waals surface area (Å²) >= 11 is 0. The zero-order valence-corrected chi connectivity index (χ0v) is 14.5. The second-order valence-corrected chi connectivity index (χ2v) is 6.46. The normalized spacial score (nSPS) is 13.4. The number of hydrogen-bond donors (Lipinski definition) is 0. The van der Waals surface area contributed by atoms with Crippen LogP contribution in [0.3, 0.4) is 0 Å². The van der Waals surface area contributed by atoms with Gasteiger partial charge in [-0.1, -0.05) is 91.0 Å². The Kier molecular flexibility index (Phi) is 5.42. The van der Waals surface area contributed by atoms with Crippen LogP contribution in [0.1, 0.15) is 23.6 Å². The van der Waals surface area contributed by atoms with Crippen LogP contribution in [-0.2, 0) is 23.4 Å². The lowest BCUT2D eigenvalue weighted by Crippen LogP contribution is -2.44. The van der Waals surface area contributed by atoms with Gasteiger partial charge in [0.15, 0.2) is 0 Å². The molecule has 0 saturated carbocycles. The Morgan fingerprint density at radius 2 is 1.12 bits per heavy atom. The second-order valence-electron chi connectivity index (χ2n) is 6.46. The molecule has 0 aliphatic heterocycles. The molecule has 25 heavy (non-hydrogen) atoms. The Bertz CT molecular complexity index is 745. The highest BCUT2D eigenvalue weighted by Crippen LogP contribution is 2.29. The average molecular weight is 329 g/mol. The van der Waals surface area contributed by atoms with Crippen molar-refractivity contribution in [2.24, 2.45) is 0 Å². The Hall–Kier alpha value is -2.71.